The molecule has 128 valence electrons. The third kappa shape index (κ3) is 2.68. The number of rotatable bonds is 3. The zero-order valence-electron chi connectivity index (χ0n) is 13.9. The van der Waals surface area contributed by atoms with Gasteiger partial charge in [-0.05, 0) is 54.5 Å². The summed E-state index contributed by atoms with van der Waals surface area (Å²) in [5, 5.41) is 3.24. The highest BCUT2D eigenvalue weighted by atomic mass is 35.5. The van der Waals surface area contributed by atoms with Crippen LogP contribution in [-0.2, 0) is 29.7 Å². The number of amides is 3. The van der Waals surface area contributed by atoms with Gasteiger partial charge in [-0.3, -0.25) is 9.69 Å². The molecule has 25 heavy (non-hydrogen) atoms. The number of carbonyl (C=O) groups is 2. The maximum Gasteiger partial charge on any atom is 0.325 e. The number of benzene rings is 1. The molecule has 0 saturated carbocycles. The van der Waals surface area contributed by atoms with E-state index in [4.69, 9.17) is 11.6 Å². The summed E-state index contributed by atoms with van der Waals surface area (Å²) in [5.74, 6) is -0.245. The highest BCUT2D eigenvalue weighted by molar-refractivity contribution is 6.29. The molecule has 1 aliphatic heterocycles. The molecule has 1 atom stereocenters. The summed E-state index contributed by atoms with van der Waals surface area (Å²) in [6.45, 7) is 1.94. The Morgan fingerprint density at radius 1 is 1.20 bits per heavy atom. The second-order valence-electron chi connectivity index (χ2n) is 6.77. The van der Waals surface area contributed by atoms with Gasteiger partial charge in [-0.25, -0.2) is 9.78 Å². The topological polar surface area (TPSA) is 62.3 Å². The minimum Gasteiger partial charge on any atom is -0.319 e. The van der Waals surface area contributed by atoms with Gasteiger partial charge in [-0.1, -0.05) is 35.9 Å². The van der Waals surface area contributed by atoms with Crippen molar-refractivity contribution >= 4 is 23.5 Å². The van der Waals surface area contributed by atoms with Crippen LogP contribution in [0.2, 0.25) is 5.15 Å². The van der Waals surface area contributed by atoms with E-state index in [-0.39, 0.29) is 18.5 Å². The van der Waals surface area contributed by atoms with E-state index in [9.17, 15) is 9.59 Å². The molecule has 1 unspecified atom stereocenters. The summed E-state index contributed by atoms with van der Waals surface area (Å²) in [6, 6.07) is 9.12. The molecule has 2 aliphatic rings. The molecule has 4 rings (SSSR count). The Morgan fingerprint density at radius 2 is 2.00 bits per heavy atom. The van der Waals surface area contributed by atoms with Gasteiger partial charge in [0.05, 0.1) is 6.54 Å². The lowest BCUT2D eigenvalue weighted by Gasteiger charge is -2.23. The molecule has 0 radical (unpaired) electrons. The molecule has 0 bridgehead atoms. The van der Waals surface area contributed by atoms with Crippen LogP contribution in [0.4, 0.5) is 4.79 Å². The molecule has 1 N–H and O–H groups in total. The Hall–Kier alpha value is -2.40. The number of pyridine rings is 1. The van der Waals surface area contributed by atoms with Crippen LogP contribution in [-0.4, -0.2) is 21.8 Å². The summed E-state index contributed by atoms with van der Waals surface area (Å²) < 4.78 is 0. The molecular formula is C19H18ClN3O2. The number of aryl methyl sites for hydroxylation is 2. The first-order valence-electron chi connectivity index (χ1n) is 8.34. The van der Waals surface area contributed by atoms with Crippen LogP contribution in [0, 0.1) is 0 Å². The van der Waals surface area contributed by atoms with Crippen LogP contribution in [0.15, 0.2) is 36.5 Å². The molecule has 1 aliphatic carbocycles. The predicted octanol–water partition coefficient (Wildman–Crippen LogP) is 3.19. The summed E-state index contributed by atoms with van der Waals surface area (Å²) in [4.78, 5) is 30.7. The molecule has 2 aromatic rings. The maximum atomic E-state index is 13.0. The van der Waals surface area contributed by atoms with Crippen LogP contribution in [0.1, 0.15) is 35.6 Å². The van der Waals surface area contributed by atoms with Gasteiger partial charge in [0.15, 0.2) is 0 Å². The van der Waals surface area contributed by atoms with E-state index in [0.29, 0.717) is 5.15 Å². The lowest BCUT2D eigenvalue weighted by atomic mass is 9.89. The van der Waals surface area contributed by atoms with Crippen molar-refractivity contribution in [3.8, 4) is 0 Å². The highest BCUT2D eigenvalue weighted by Crippen LogP contribution is 2.33. The van der Waals surface area contributed by atoms with E-state index < -0.39 is 5.54 Å². The van der Waals surface area contributed by atoms with Crippen LogP contribution >= 0.6 is 11.6 Å². The Morgan fingerprint density at radius 3 is 2.76 bits per heavy atom. The number of fused-ring (bicyclic) bond motifs is 1. The zero-order chi connectivity index (χ0) is 17.6. The molecule has 0 spiro atoms. The van der Waals surface area contributed by atoms with Gasteiger partial charge in [0.25, 0.3) is 5.91 Å². The maximum absolute atomic E-state index is 13.0. The van der Waals surface area contributed by atoms with E-state index >= 15 is 0 Å². The minimum absolute atomic E-state index is 0.176. The van der Waals surface area contributed by atoms with Crippen molar-refractivity contribution in [1.82, 2.24) is 15.2 Å². The molecule has 1 fully saturated rings. The fourth-order valence-electron chi connectivity index (χ4n) is 3.60. The normalized spacial score (nSPS) is 22.2. The van der Waals surface area contributed by atoms with Crippen molar-refractivity contribution in [1.29, 1.82) is 0 Å². The number of hydrogen-bond donors (Lipinski definition) is 1. The summed E-state index contributed by atoms with van der Waals surface area (Å²) in [5.41, 5.74) is 3.18. The van der Waals surface area contributed by atoms with Crippen molar-refractivity contribution in [3.05, 3.63) is 63.9 Å². The first-order chi connectivity index (χ1) is 12.0. The fourth-order valence-corrected chi connectivity index (χ4v) is 3.71. The largest absolute Gasteiger partial charge is 0.325 e. The molecule has 1 saturated heterocycles. The highest BCUT2D eigenvalue weighted by Gasteiger charge is 2.49. The third-order valence-electron chi connectivity index (χ3n) is 5.08. The average Bonchev–Trinajstić information content (AvgIpc) is 3.15. The molecule has 5 nitrogen and oxygen atoms in total. The smallest absolute Gasteiger partial charge is 0.319 e. The van der Waals surface area contributed by atoms with Crippen molar-refractivity contribution in [2.45, 2.75) is 38.3 Å². The van der Waals surface area contributed by atoms with Crippen LogP contribution in [0.5, 0.6) is 0 Å². The standard InChI is InChI=1S/C19H18ClN3O2/c1-19(15-7-6-13-3-2-4-14(13)9-15)17(24)23(18(25)22-19)11-12-5-8-16(20)21-10-12/h5-10H,2-4,11H2,1H3,(H,22,25). The van der Waals surface area contributed by atoms with E-state index in [1.54, 1.807) is 25.3 Å². The lowest BCUT2D eigenvalue weighted by molar-refractivity contribution is -0.131. The first kappa shape index (κ1) is 16.1. The van der Waals surface area contributed by atoms with Gasteiger partial charge in [0.2, 0.25) is 0 Å². The SMILES string of the molecule is CC1(c2ccc3c(c2)CCC3)NC(=O)N(Cc2ccc(Cl)nc2)C1=O. The first-order valence-corrected chi connectivity index (χ1v) is 8.72. The molecule has 2 heterocycles. The van der Waals surface area contributed by atoms with E-state index in [2.05, 4.69) is 22.4 Å². The lowest BCUT2D eigenvalue weighted by Crippen LogP contribution is -2.40. The number of nitrogens with one attached hydrogen (secondary N) is 1. The van der Waals surface area contributed by atoms with Crippen molar-refractivity contribution in [2.24, 2.45) is 0 Å². The van der Waals surface area contributed by atoms with E-state index in [0.717, 1.165) is 30.4 Å². The van der Waals surface area contributed by atoms with Crippen LogP contribution < -0.4 is 5.32 Å². The minimum atomic E-state index is -1.03. The van der Waals surface area contributed by atoms with Gasteiger partial charge in [0, 0.05) is 6.20 Å². The quantitative estimate of drug-likeness (QED) is 0.679. The fraction of sp³-hybridized carbons (Fsp3) is 0.316. The number of carbonyl (C=O) groups excluding carboxylic acids is 2. The molecule has 1 aromatic carbocycles. The molecule has 1 aromatic heterocycles. The predicted molar refractivity (Wildman–Crippen MR) is 94.1 cm³/mol. The second-order valence-corrected chi connectivity index (χ2v) is 7.16. The monoisotopic (exact) mass is 355 g/mol. The van der Waals surface area contributed by atoms with Gasteiger partial charge in [-0.15, -0.1) is 0 Å². The van der Waals surface area contributed by atoms with Gasteiger partial charge >= 0.3 is 6.03 Å². The summed E-state index contributed by atoms with van der Waals surface area (Å²) in [7, 11) is 0. The number of nitrogens with zero attached hydrogens (tertiary/aromatic N) is 2. The van der Waals surface area contributed by atoms with Gasteiger partial charge in [0.1, 0.15) is 10.7 Å². The third-order valence-corrected chi connectivity index (χ3v) is 5.30. The van der Waals surface area contributed by atoms with E-state index in [1.807, 2.05) is 6.07 Å². The molecule has 3 amide bonds. The van der Waals surface area contributed by atoms with E-state index in [1.165, 1.54) is 16.0 Å². The van der Waals surface area contributed by atoms with Gasteiger partial charge in [-0.2, -0.15) is 0 Å². The molecule has 6 heteroatoms. The average molecular weight is 356 g/mol. The van der Waals surface area contributed by atoms with Gasteiger partial charge < -0.3 is 5.32 Å². The summed E-state index contributed by atoms with van der Waals surface area (Å²) >= 11 is 5.79. The Labute approximate surface area is 151 Å². The number of imide groups is 1. The van der Waals surface area contributed by atoms with Crippen molar-refractivity contribution in [3.63, 3.8) is 0 Å². The number of halogens is 1. The Balaban J connectivity index is 1.62. The van der Waals surface area contributed by atoms with Crippen LogP contribution in [0.3, 0.4) is 0 Å². The number of urea groups is 1. The van der Waals surface area contributed by atoms with Crippen LogP contribution in [0.25, 0.3) is 0 Å². The Bertz CT molecular complexity index is 865. The zero-order valence-corrected chi connectivity index (χ0v) is 14.6. The second kappa shape index (κ2) is 5.85. The molecular weight excluding hydrogens is 338 g/mol. The van der Waals surface area contributed by atoms with Crippen molar-refractivity contribution in [2.75, 3.05) is 0 Å². The summed E-state index contributed by atoms with van der Waals surface area (Å²) in [6.07, 6.45) is 4.84. The number of aromatic nitrogens is 1. The number of hydrogen-bond acceptors (Lipinski definition) is 3. The Kier molecular flexibility index (Phi) is 3.76. The van der Waals surface area contributed by atoms with Crippen molar-refractivity contribution < 1.29 is 9.59 Å².